The molecule has 0 unspecified atom stereocenters. The lowest BCUT2D eigenvalue weighted by atomic mass is 9.92. The molecule has 50 heavy (non-hydrogen) atoms. The normalized spacial score (nSPS) is 11.7. The molecule has 10 rings (SSSR count). The fourth-order valence-electron chi connectivity index (χ4n) is 7.35. The number of aryl methyl sites for hydroxylation is 1. The average molecular weight is 640 g/mol. The molecule has 0 amide bonds. The summed E-state index contributed by atoms with van der Waals surface area (Å²) in [6.45, 7) is 2.10. The fourth-order valence-corrected chi connectivity index (χ4v) is 7.35. The van der Waals surface area contributed by atoms with Gasteiger partial charge < -0.3 is 4.42 Å². The van der Waals surface area contributed by atoms with Crippen molar-refractivity contribution in [2.75, 3.05) is 0 Å². The highest BCUT2D eigenvalue weighted by molar-refractivity contribution is 6.16. The summed E-state index contributed by atoms with van der Waals surface area (Å²) in [5.74, 6) is 1.92. The average Bonchev–Trinajstić information content (AvgIpc) is 3.57. The first-order valence-corrected chi connectivity index (χ1v) is 16.9. The van der Waals surface area contributed by atoms with E-state index in [0.717, 1.165) is 76.9 Å². The van der Waals surface area contributed by atoms with Crippen molar-refractivity contribution >= 4 is 54.3 Å². The lowest BCUT2D eigenvalue weighted by molar-refractivity contribution is 0.666. The number of furan rings is 1. The maximum absolute atomic E-state index is 6.39. The Balaban J connectivity index is 1.20. The molecule has 0 atom stereocenters. The molecule has 0 saturated carbocycles. The van der Waals surface area contributed by atoms with Crippen molar-refractivity contribution in [1.29, 1.82) is 0 Å². The molecule has 10 aromatic rings. The minimum Gasteiger partial charge on any atom is -0.456 e. The van der Waals surface area contributed by atoms with Crippen LogP contribution in [0.15, 0.2) is 162 Å². The Labute approximate surface area is 288 Å². The molecule has 0 aliphatic rings. The third kappa shape index (κ3) is 4.57. The number of hydrogen-bond acceptors (Lipinski definition) is 4. The number of fused-ring (bicyclic) bond motifs is 6. The van der Waals surface area contributed by atoms with E-state index in [1.807, 2.05) is 0 Å². The van der Waals surface area contributed by atoms with Crippen molar-refractivity contribution < 1.29 is 4.42 Å². The van der Waals surface area contributed by atoms with Crippen molar-refractivity contribution in [2.24, 2.45) is 0 Å². The van der Waals surface area contributed by atoms with Crippen molar-refractivity contribution in [3.8, 4) is 45.3 Å². The second-order valence-electron chi connectivity index (χ2n) is 12.9. The van der Waals surface area contributed by atoms with Gasteiger partial charge in [0.2, 0.25) is 0 Å². The zero-order valence-electron chi connectivity index (χ0n) is 27.3. The monoisotopic (exact) mass is 639 g/mol. The summed E-state index contributed by atoms with van der Waals surface area (Å²) in [4.78, 5) is 15.4. The molecule has 234 valence electrons. The second kappa shape index (κ2) is 11.2. The summed E-state index contributed by atoms with van der Waals surface area (Å²) in [7, 11) is 0. The Bertz CT molecular complexity index is 2860. The third-order valence-electron chi connectivity index (χ3n) is 9.83. The van der Waals surface area contributed by atoms with E-state index in [1.165, 1.54) is 10.8 Å². The standard InChI is InChI=1S/C46H29N3O/c1-28-10-8-18-40-42-38(17-9-19-41(42)50-43(28)40)37-24-25-39(36-16-7-6-15-35(36)37)46-48-44(33-22-20-29-11-2-4-13-31(29)26-33)47-45(49-46)34-23-21-30-12-3-5-14-32(30)27-34/h2-27H,1H3. The van der Waals surface area contributed by atoms with Crippen molar-refractivity contribution in [1.82, 2.24) is 15.0 Å². The van der Waals surface area contributed by atoms with Gasteiger partial charge >= 0.3 is 0 Å². The van der Waals surface area contributed by atoms with Gasteiger partial charge in [-0.25, -0.2) is 15.0 Å². The van der Waals surface area contributed by atoms with Crippen LogP contribution in [0.3, 0.4) is 0 Å². The van der Waals surface area contributed by atoms with E-state index >= 15 is 0 Å². The molecule has 0 aliphatic carbocycles. The summed E-state index contributed by atoms with van der Waals surface area (Å²) >= 11 is 0. The second-order valence-corrected chi connectivity index (χ2v) is 12.9. The highest BCUT2D eigenvalue weighted by Gasteiger charge is 2.19. The van der Waals surface area contributed by atoms with Crippen LogP contribution in [0.1, 0.15) is 5.56 Å². The SMILES string of the molecule is Cc1cccc2c1oc1cccc(-c3ccc(-c4nc(-c5ccc6ccccc6c5)nc(-c5ccc6ccccc6c5)n4)c4ccccc34)c12. The highest BCUT2D eigenvalue weighted by atomic mass is 16.3. The number of aromatic nitrogens is 3. The van der Waals surface area contributed by atoms with E-state index in [-0.39, 0.29) is 0 Å². The lowest BCUT2D eigenvalue weighted by Crippen LogP contribution is -2.01. The van der Waals surface area contributed by atoms with Gasteiger partial charge in [-0.15, -0.1) is 0 Å². The molecule has 0 spiro atoms. The van der Waals surface area contributed by atoms with Crippen LogP contribution in [0, 0.1) is 6.92 Å². The molecular weight excluding hydrogens is 611 g/mol. The number of nitrogens with zero attached hydrogens (tertiary/aromatic N) is 3. The molecule has 0 radical (unpaired) electrons. The van der Waals surface area contributed by atoms with E-state index in [2.05, 4.69) is 165 Å². The van der Waals surface area contributed by atoms with Gasteiger partial charge in [0.05, 0.1) is 0 Å². The van der Waals surface area contributed by atoms with Crippen molar-refractivity contribution in [3.05, 3.63) is 163 Å². The number of rotatable bonds is 4. The summed E-state index contributed by atoms with van der Waals surface area (Å²) in [5, 5.41) is 9.10. The topological polar surface area (TPSA) is 51.8 Å². The highest BCUT2D eigenvalue weighted by Crippen LogP contribution is 2.42. The van der Waals surface area contributed by atoms with Gasteiger partial charge in [0.15, 0.2) is 17.5 Å². The molecule has 2 heterocycles. The third-order valence-corrected chi connectivity index (χ3v) is 9.83. The summed E-state index contributed by atoms with van der Waals surface area (Å²) in [6, 6.07) is 55.2. The molecule has 0 fully saturated rings. The van der Waals surface area contributed by atoms with Crippen LogP contribution >= 0.6 is 0 Å². The number of para-hydroxylation sites is 1. The zero-order chi connectivity index (χ0) is 33.2. The summed E-state index contributed by atoms with van der Waals surface area (Å²) < 4.78 is 6.39. The van der Waals surface area contributed by atoms with Crippen LogP contribution in [-0.2, 0) is 0 Å². The van der Waals surface area contributed by atoms with E-state index < -0.39 is 0 Å². The Kier molecular flexibility index (Phi) is 6.36. The quantitative estimate of drug-likeness (QED) is 0.192. The smallest absolute Gasteiger partial charge is 0.164 e. The molecule has 0 N–H and O–H groups in total. The predicted molar refractivity (Wildman–Crippen MR) is 206 cm³/mol. The van der Waals surface area contributed by atoms with Gasteiger partial charge in [0.25, 0.3) is 0 Å². The summed E-state index contributed by atoms with van der Waals surface area (Å²) in [5.41, 5.74) is 8.07. The van der Waals surface area contributed by atoms with Crippen LogP contribution in [0.2, 0.25) is 0 Å². The Morgan fingerprint density at radius 1 is 0.400 bits per heavy atom. The van der Waals surface area contributed by atoms with Crippen LogP contribution in [0.5, 0.6) is 0 Å². The minimum absolute atomic E-state index is 0.636. The zero-order valence-corrected chi connectivity index (χ0v) is 27.3. The van der Waals surface area contributed by atoms with Crippen LogP contribution in [0.4, 0.5) is 0 Å². The van der Waals surface area contributed by atoms with Gasteiger partial charge in [-0.1, -0.05) is 133 Å². The number of benzene rings is 8. The van der Waals surface area contributed by atoms with Crippen molar-refractivity contribution in [2.45, 2.75) is 6.92 Å². The van der Waals surface area contributed by atoms with Crippen LogP contribution < -0.4 is 0 Å². The van der Waals surface area contributed by atoms with Crippen LogP contribution in [0.25, 0.3) is 99.5 Å². The lowest BCUT2D eigenvalue weighted by Gasteiger charge is -2.14. The predicted octanol–water partition coefficient (Wildman–Crippen LogP) is 12.2. The Morgan fingerprint density at radius 2 is 0.940 bits per heavy atom. The first kappa shape index (κ1) is 28.4. The fraction of sp³-hybridized carbons (Fsp3) is 0.0217. The van der Waals surface area contributed by atoms with Gasteiger partial charge in [0.1, 0.15) is 11.2 Å². The summed E-state index contributed by atoms with van der Waals surface area (Å²) in [6.07, 6.45) is 0. The van der Waals surface area contributed by atoms with E-state index in [1.54, 1.807) is 0 Å². The Morgan fingerprint density at radius 3 is 1.62 bits per heavy atom. The molecule has 4 heteroatoms. The van der Waals surface area contributed by atoms with Gasteiger partial charge in [-0.2, -0.15) is 0 Å². The first-order valence-electron chi connectivity index (χ1n) is 16.9. The molecule has 0 bridgehead atoms. The van der Waals surface area contributed by atoms with E-state index in [9.17, 15) is 0 Å². The molecule has 4 nitrogen and oxygen atoms in total. The Hall–Kier alpha value is -6.65. The van der Waals surface area contributed by atoms with Crippen LogP contribution in [-0.4, -0.2) is 15.0 Å². The first-order chi connectivity index (χ1) is 24.7. The number of hydrogen-bond donors (Lipinski definition) is 0. The van der Waals surface area contributed by atoms with E-state index in [0.29, 0.717) is 17.5 Å². The van der Waals surface area contributed by atoms with Crippen molar-refractivity contribution in [3.63, 3.8) is 0 Å². The molecular formula is C46H29N3O. The molecule has 8 aromatic carbocycles. The maximum Gasteiger partial charge on any atom is 0.164 e. The van der Waals surface area contributed by atoms with Gasteiger partial charge in [-0.3, -0.25) is 0 Å². The maximum atomic E-state index is 6.39. The van der Waals surface area contributed by atoms with Gasteiger partial charge in [0, 0.05) is 27.5 Å². The van der Waals surface area contributed by atoms with E-state index in [4.69, 9.17) is 19.4 Å². The largest absolute Gasteiger partial charge is 0.456 e. The molecule has 0 aliphatic heterocycles. The molecule has 2 aromatic heterocycles. The van der Waals surface area contributed by atoms with Gasteiger partial charge in [-0.05, 0) is 80.2 Å². The minimum atomic E-state index is 0.636. The molecule has 0 saturated heterocycles.